The highest BCUT2D eigenvalue weighted by molar-refractivity contribution is 7.17. The van der Waals surface area contributed by atoms with E-state index in [0.29, 0.717) is 11.1 Å². The van der Waals surface area contributed by atoms with Crippen molar-refractivity contribution in [2.45, 2.75) is 12.8 Å². The summed E-state index contributed by atoms with van der Waals surface area (Å²) in [6.45, 7) is 0. The van der Waals surface area contributed by atoms with Crippen LogP contribution in [0.1, 0.15) is 17.7 Å². The van der Waals surface area contributed by atoms with Gasteiger partial charge >= 0.3 is 6.01 Å². The fraction of sp³-hybridized carbons (Fsp3) is 0.188. The number of pyridine rings is 1. The molecule has 3 heterocycles. The van der Waals surface area contributed by atoms with Crippen LogP contribution in [0.5, 0.6) is 6.01 Å². The Bertz CT molecular complexity index is 865. The van der Waals surface area contributed by atoms with Crippen LogP contribution in [-0.4, -0.2) is 25.6 Å². The summed E-state index contributed by atoms with van der Waals surface area (Å²) in [5.41, 5.74) is 1.73. The molecule has 1 aliphatic rings. The fourth-order valence-electron chi connectivity index (χ4n) is 2.15. The van der Waals surface area contributed by atoms with Crippen LogP contribution < -0.4 is 4.84 Å². The quantitative estimate of drug-likeness (QED) is 0.512. The van der Waals surface area contributed by atoms with Gasteiger partial charge in [0.1, 0.15) is 15.9 Å². The van der Waals surface area contributed by atoms with Gasteiger partial charge in [0.25, 0.3) is 0 Å². The van der Waals surface area contributed by atoms with E-state index >= 15 is 0 Å². The lowest BCUT2D eigenvalue weighted by molar-refractivity contribution is 0.311. The number of nitrogens with zero attached hydrogens (tertiary/aromatic N) is 5. The van der Waals surface area contributed by atoms with Gasteiger partial charge in [-0.15, -0.1) is 11.3 Å². The van der Waals surface area contributed by atoms with Gasteiger partial charge in [0, 0.05) is 36.3 Å². The van der Waals surface area contributed by atoms with Crippen molar-refractivity contribution in [2.75, 3.05) is 0 Å². The standard InChI is InChI=1S/C16H12ClN5OS/c17-14-13(24-15(21-14)11-3-1-6-18-9-11)12(10-4-5-10)22-23-16-19-7-2-8-20-16/h1-3,6-10H,4-5H2. The molecule has 1 aliphatic carbocycles. The van der Waals surface area contributed by atoms with E-state index < -0.39 is 0 Å². The second-order valence-electron chi connectivity index (χ2n) is 5.25. The summed E-state index contributed by atoms with van der Waals surface area (Å²) in [6.07, 6.45) is 8.83. The van der Waals surface area contributed by atoms with Crippen molar-refractivity contribution in [2.24, 2.45) is 11.1 Å². The molecule has 120 valence electrons. The van der Waals surface area contributed by atoms with E-state index in [-0.39, 0.29) is 6.01 Å². The summed E-state index contributed by atoms with van der Waals surface area (Å²) in [7, 11) is 0. The van der Waals surface area contributed by atoms with Crippen molar-refractivity contribution >= 4 is 28.6 Å². The molecule has 1 saturated carbocycles. The van der Waals surface area contributed by atoms with E-state index in [0.717, 1.165) is 34.0 Å². The maximum Gasteiger partial charge on any atom is 0.345 e. The largest absolute Gasteiger partial charge is 0.345 e. The SMILES string of the molecule is Clc1nc(-c2cccnc2)sc1C(=NOc1ncccn1)C1CC1. The fourth-order valence-corrected chi connectivity index (χ4v) is 3.51. The molecule has 6 nitrogen and oxygen atoms in total. The molecule has 24 heavy (non-hydrogen) atoms. The van der Waals surface area contributed by atoms with Crippen LogP contribution in [0.4, 0.5) is 0 Å². The molecule has 0 N–H and O–H groups in total. The van der Waals surface area contributed by atoms with Crippen LogP contribution in [0, 0.1) is 5.92 Å². The first-order valence-electron chi connectivity index (χ1n) is 7.40. The molecule has 0 aliphatic heterocycles. The van der Waals surface area contributed by atoms with E-state index in [9.17, 15) is 0 Å². The molecule has 3 aromatic heterocycles. The van der Waals surface area contributed by atoms with Gasteiger partial charge in [-0.1, -0.05) is 16.8 Å². The lowest BCUT2D eigenvalue weighted by Crippen LogP contribution is -2.05. The third-order valence-corrected chi connectivity index (χ3v) is 4.97. The number of hydrogen-bond donors (Lipinski definition) is 0. The van der Waals surface area contributed by atoms with Gasteiger partial charge in [-0.3, -0.25) is 4.98 Å². The molecule has 0 unspecified atom stereocenters. The van der Waals surface area contributed by atoms with Crippen molar-refractivity contribution in [1.82, 2.24) is 19.9 Å². The van der Waals surface area contributed by atoms with Crippen molar-refractivity contribution in [3.8, 4) is 16.6 Å². The summed E-state index contributed by atoms with van der Waals surface area (Å²) in [4.78, 5) is 22.8. The van der Waals surface area contributed by atoms with Gasteiger partial charge in [0.2, 0.25) is 0 Å². The Balaban J connectivity index is 1.66. The number of thiazole rings is 1. The molecule has 0 aromatic carbocycles. The molecule has 8 heteroatoms. The molecule has 0 bridgehead atoms. The first-order valence-corrected chi connectivity index (χ1v) is 8.60. The molecular formula is C16H12ClN5OS. The van der Waals surface area contributed by atoms with E-state index in [1.807, 2.05) is 12.1 Å². The normalized spacial score (nSPS) is 14.6. The first-order chi connectivity index (χ1) is 11.8. The summed E-state index contributed by atoms with van der Waals surface area (Å²) in [6, 6.07) is 5.76. The lowest BCUT2D eigenvalue weighted by atomic mass is 10.2. The Labute approximate surface area is 147 Å². The van der Waals surface area contributed by atoms with Crippen LogP contribution in [0.25, 0.3) is 10.6 Å². The van der Waals surface area contributed by atoms with Crippen molar-refractivity contribution in [3.05, 3.63) is 53.0 Å². The molecule has 0 atom stereocenters. The highest BCUT2D eigenvalue weighted by atomic mass is 35.5. The van der Waals surface area contributed by atoms with E-state index in [1.165, 1.54) is 11.3 Å². The molecule has 0 saturated heterocycles. The molecule has 3 aromatic rings. The van der Waals surface area contributed by atoms with Crippen LogP contribution in [0.3, 0.4) is 0 Å². The minimum Gasteiger partial charge on any atom is -0.315 e. The van der Waals surface area contributed by atoms with Crippen LogP contribution in [0.15, 0.2) is 48.1 Å². The highest BCUT2D eigenvalue weighted by Crippen LogP contribution is 2.39. The zero-order valence-electron chi connectivity index (χ0n) is 12.5. The average Bonchev–Trinajstić information content (AvgIpc) is 3.40. The number of oxime groups is 1. The van der Waals surface area contributed by atoms with Crippen molar-refractivity contribution < 1.29 is 4.84 Å². The monoisotopic (exact) mass is 357 g/mol. The molecule has 1 fully saturated rings. The second kappa shape index (κ2) is 6.62. The number of halogens is 1. The predicted molar refractivity (Wildman–Crippen MR) is 92.3 cm³/mol. The Morgan fingerprint density at radius 1 is 1.21 bits per heavy atom. The summed E-state index contributed by atoms with van der Waals surface area (Å²) >= 11 is 7.84. The average molecular weight is 358 g/mol. The summed E-state index contributed by atoms with van der Waals surface area (Å²) < 4.78 is 0. The summed E-state index contributed by atoms with van der Waals surface area (Å²) in [5, 5.41) is 5.50. The smallest absolute Gasteiger partial charge is 0.315 e. The van der Waals surface area contributed by atoms with Gasteiger partial charge in [0.15, 0.2) is 0 Å². The van der Waals surface area contributed by atoms with Gasteiger partial charge in [-0.25, -0.2) is 15.0 Å². The highest BCUT2D eigenvalue weighted by Gasteiger charge is 2.32. The first kappa shape index (κ1) is 15.2. The molecule has 4 rings (SSSR count). The maximum absolute atomic E-state index is 6.35. The van der Waals surface area contributed by atoms with E-state index in [4.69, 9.17) is 16.4 Å². The van der Waals surface area contributed by atoms with Crippen LogP contribution in [-0.2, 0) is 0 Å². The zero-order valence-corrected chi connectivity index (χ0v) is 14.0. The van der Waals surface area contributed by atoms with Crippen molar-refractivity contribution in [3.63, 3.8) is 0 Å². The molecule has 0 spiro atoms. The Hall–Kier alpha value is -2.38. The number of rotatable bonds is 5. The van der Waals surface area contributed by atoms with Crippen LogP contribution in [0.2, 0.25) is 5.15 Å². The Morgan fingerprint density at radius 3 is 2.75 bits per heavy atom. The lowest BCUT2D eigenvalue weighted by Gasteiger charge is -2.02. The molecular weight excluding hydrogens is 346 g/mol. The maximum atomic E-state index is 6.35. The second-order valence-corrected chi connectivity index (χ2v) is 6.61. The van der Waals surface area contributed by atoms with Crippen LogP contribution >= 0.6 is 22.9 Å². The third kappa shape index (κ3) is 3.27. The van der Waals surface area contributed by atoms with Gasteiger partial charge in [0.05, 0.1) is 4.88 Å². The predicted octanol–water partition coefficient (Wildman–Crippen LogP) is 3.84. The molecule has 0 radical (unpaired) electrons. The minimum absolute atomic E-state index is 0.212. The van der Waals surface area contributed by atoms with Gasteiger partial charge < -0.3 is 4.84 Å². The Kier molecular flexibility index (Phi) is 4.18. The van der Waals surface area contributed by atoms with E-state index in [2.05, 4.69) is 25.1 Å². The number of aromatic nitrogens is 4. The van der Waals surface area contributed by atoms with Crippen molar-refractivity contribution in [1.29, 1.82) is 0 Å². The van der Waals surface area contributed by atoms with E-state index in [1.54, 1.807) is 30.9 Å². The summed E-state index contributed by atoms with van der Waals surface area (Å²) in [5.74, 6) is 0.341. The topological polar surface area (TPSA) is 73.2 Å². The van der Waals surface area contributed by atoms with Gasteiger partial charge in [-0.05, 0) is 31.0 Å². The van der Waals surface area contributed by atoms with Gasteiger partial charge in [-0.2, -0.15) is 0 Å². The number of hydrogen-bond acceptors (Lipinski definition) is 7. The third-order valence-electron chi connectivity index (χ3n) is 3.46. The minimum atomic E-state index is 0.212. The molecule has 0 amide bonds. The zero-order chi connectivity index (χ0) is 16.4. The Morgan fingerprint density at radius 2 is 2.04 bits per heavy atom.